The summed E-state index contributed by atoms with van der Waals surface area (Å²) < 4.78 is 11.9. The minimum Gasteiger partial charge on any atom is -0.489 e. The van der Waals surface area contributed by atoms with Gasteiger partial charge in [0.15, 0.2) is 0 Å². The van der Waals surface area contributed by atoms with E-state index in [4.69, 9.17) is 9.47 Å². The van der Waals surface area contributed by atoms with Gasteiger partial charge in [0, 0.05) is 30.1 Å². The van der Waals surface area contributed by atoms with E-state index in [9.17, 15) is 0 Å². The maximum absolute atomic E-state index is 6.12. The van der Waals surface area contributed by atoms with Crippen molar-refractivity contribution in [1.82, 2.24) is 14.9 Å². The Kier molecular flexibility index (Phi) is 4.19. The van der Waals surface area contributed by atoms with Crippen LogP contribution in [0.1, 0.15) is 11.1 Å². The average Bonchev–Trinajstić information content (AvgIpc) is 2.99. The average molecular weight is 337 g/mol. The van der Waals surface area contributed by atoms with Crippen LogP contribution in [0.15, 0.2) is 31.0 Å². The maximum Gasteiger partial charge on any atom is 0.143 e. The Hall–Kier alpha value is -2.37. The van der Waals surface area contributed by atoms with Gasteiger partial charge in [-0.05, 0) is 37.2 Å². The van der Waals surface area contributed by atoms with Crippen molar-refractivity contribution in [2.45, 2.75) is 13.0 Å². The number of aromatic amines is 1. The van der Waals surface area contributed by atoms with Crippen molar-refractivity contribution < 1.29 is 9.47 Å². The van der Waals surface area contributed by atoms with Crippen LogP contribution in [0.5, 0.6) is 5.75 Å². The molecule has 5 nitrogen and oxygen atoms in total. The van der Waals surface area contributed by atoms with E-state index in [1.165, 1.54) is 0 Å². The van der Waals surface area contributed by atoms with Crippen LogP contribution in [0.3, 0.4) is 0 Å². The molecule has 5 heteroatoms. The third kappa shape index (κ3) is 3.01. The largest absolute Gasteiger partial charge is 0.489 e. The second-order valence-corrected chi connectivity index (χ2v) is 6.71. The lowest BCUT2D eigenvalue weighted by molar-refractivity contribution is -0.0401. The molecule has 0 saturated carbocycles. The maximum atomic E-state index is 6.12. The first-order valence-electron chi connectivity index (χ1n) is 8.62. The van der Waals surface area contributed by atoms with Crippen LogP contribution < -0.4 is 4.74 Å². The number of aryl methyl sites for hydroxylation is 1. The van der Waals surface area contributed by atoms with Crippen LogP contribution in [0, 0.1) is 6.92 Å². The van der Waals surface area contributed by atoms with Crippen molar-refractivity contribution in [3.63, 3.8) is 0 Å². The molecule has 0 amide bonds. The van der Waals surface area contributed by atoms with E-state index in [2.05, 4.69) is 41.5 Å². The fourth-order valence-electron chi connectivity index (χ4n) is 3.43. The highest BCUT2D eigenvalue weighted by Crippen LogP contribution is 2.34. The number of H-pyrrole nitrogens is 1. The minimum absolute atomic E-state index is 0.0950. The van der Waals surface area contributed by atoms with Crippen LogP contribution in [0.25, 0.3) is 28.0 Å². The van der Waals surface area contributed by atoms with E-state index in [1.807, 2.05) is 24.4 Å². The summed E-state index contributed by atoms with van der Waals surface area (Å²) in [6, 6.07) is 6.19. The molecule has 1 aliphatic heterocycles. The van der Waals surface area contributed by atoms with Crippen molar-refractivity contribution in [2.75, 3.05) is 33.4 Å². The summed E-state index contributed by atoms with van der Waals surface area (Å²) in [6.07, 6.45) is 3.84. The zero-order chi connectivity index (χ0) is 17.4. The Bertz CT molecular complexity index is 931. The van der Waals surface area contributed by atoms with Gasteiger partial charge >= 0.3 is 0 Å². The van der Waals surface area contributed by atoms with Crippen molar-refractivity contribution in [2.24, 2.45) is 0 Å². The molecule has 25 heavy (non-hydrogen) atoms. The highest BCUT2D eigenvalue weighted by Gasteiger charge is 2.19. The lowest BCUT2D eigenvalue weighted by Crippen LogP contribution is -2.42. The molecule has 0 unspecified atom stereocenters. The molecule has 3 heterocycles. The summed E-state index contributed by atoms with van der Waals surface area (Å²) in [5.74, 6) is 0.827. The van der Waals surface area contributed by atoms with Gasteiger partial charge in [-0.2, -0.15) is 0 Å². The molecule has 4 rings (SSSR count). The minimum atomic E-state index is 0.0950. The molecule has 1 atom stereocenters. The van der Waals surface area contributed by atoms with Crippen LogP contribution in [0.4, 0.5) is 0 Å². The van der Waals surface area contributed by atoms with Gasteiger partial charge < -0.3 is 19.4 Å². The normalized spacial score (nSPS) is 18.7. The molecule has 3 aromatic rings. The summed E-state index contributed by atoms with van der Waals surface area (Å²) in [6.45, 7) is 9.15. The van der Waals surface area contributed by atoms with Gasteiger partial charge in [-0.25, -0.2) is 4.98 Å². The number of ether oxygens (including phenoxy) is 2. The number of fused-ring (bicyclic) bond motifs is 3. The number of hydrogen-bond acceptors (Lipinski definition) is 4. The van der Waals surface area contributed by atoms with E-state index in [0.717, 1.165) is 58.5 Å². The number of nitrogens with zero attached hydrogens (tertiary/aromatic N) is 2. The second kappa shape index (κ2) is 6.50. The number of morpholine rings is 1. The lowest BCUT2D eigenvalue weighted by Gasteiger charge is -2.29. The van der Waals surface area contributed by atoms with Crippen LogP contribution in [0.2, 0.25) is 0 Å². The second-order valence-electron chi connectivity index (χ2n) is 6.71. The molecular formula is C20H23N3O2. The van der Waals surface area contributed by atoms with Crippen molar-refractivity contribution in [1.29, 1.82) is 0 Å². The highest BCUT2D eigenvalue weighted by molar-refractivity contribution is 6.11. The van der Waals surface area contributed by atoms with E-state index in [0.29, 0.717) is 6.61 Å². The Labute approximate surface area is 147 Å². The zero-order valence-electron chi connectivity index (χ0n) is 14.7. The lowest BCUT2D eigenvalue weighted by atomic mass is 10.1. The molecule has 0 radical (unpaired) electrons. The van der Waals surface area contributed by atoms with E-state index >= 15 is 0 Å². The fourth-order valence-corrected chi connectivity index (χ4v) is 3.43. The number of hydrogen-bond donors (Lipinski definition) is 1. The summed E-state index contributed by atoms with van der Waals surface area (Å²) >= 11 is 0. The molecule has 1 fully saturated rings. The molecule has 1 saturated heterocycles. The Morgan fingerprint density at radius 1 is 1.48 bits per heavy atom. The fraction of sp³-hybridized carbons (Fsp3) is 0.350. The molecule has 1 N–H and O–H groups in total. The van der Waals surface area contributed by atoms with Crippen molar-refractivity contribution in [3.05, 3.63) is 42.1 Å². The SMILES string of the molecule is C=Cc1ccc(OC[C@@H]2CN(C)CCO2)c2[nH]c3ncc(C)cc3c12. The predicted octanol–water partition coefficient (Wildman–Crippen LogP) is 3.38. The molecule has 1 aliphatic rings. The quantitative estimate of drug-likeness (QED) is 0.793. The summed E-state index contributed by atoms with van der Waals surface area (Å²) in [4.78, 5) is 10.2. The van der Waals surface area contributed by atoms with E-state index in [-0.39, 0.29) is 6.10 Å². The Morgan fingerprint density at radius 2 is 2.36 bits per heavy atom. The predicted molar refractivity (Wildman–Crippen MR) is 101 cm³/mol. The van der Waals surface area contributed by atoms with Gasteiger partial charge in [-0.15, -0.1) is 0 Å². The number of aromatic nitrogens is 2. The monoisotopic (exact) mass is 337 g/mol. The summed E-state index contributed by atoms with van der Waals surface area (Å²) in [5, 5.41) is 2.21. The third-order valence-electron chi connectivity index (χ3n) is 4.72. The summed E-state index contributed by atoms with van der Waals surface area (Å²) in [7, 11) is 2.11. The van der Waals surface area contributed by atoms with Crippen LogP contribution in [-0.4, -0.2) is 54.3 Å². The number of pyridine rings is 1. The topological polar surface area (TPSA) is 50.4 Å². The van der Waals surface area contributed by atoms with Crippen LogP contribution >= 0.6 is 0 Å². The highest BCUT2D eigenvalue weighted by atomic mass is 16.5. The first kappa shape index (κ1) is 16.1. The number of benzene rings is 1. The van der Waals surface area contributed by atoms with E-state index in [1.54, 1.807) is 0 Å². The number of likely N-dealkylation sites (N-methyl/N-ethyl adjacent to an activating group) is 1. The molecule has 1 aromatic carbocycles. The van der Waals surface area contributed by atoms with Gasteiger partial charge in [0.2, 0.25) is 0 Å². The molecule has 0 bridgehead atoms. The van der Waals surface area contributed by atoms with Gasteiger partial charge in [0.05, 0.1) is 12.1 Å². The Balaban J connectivity index is 1.72. The van der Waals surface area contributed by atoms with Gasteiger partial charge in [0.25, 0.3) is 0 Å². The van der Waals surface area contributed by atoms with Gasteiger partial charge in [-0.3, -0.25) is 0 Å². The van der Waals surface area contributed by atoms with Gasteiger partial charge in [0.1, 0.15) is 24.1 Å². The molecule has 0 spiro atoms. The first-order valence-corrected chi connectivity index (χ1v) is 8.62. The third-order valence-corrected chi connectivity index (χ3v) is 4.72. The smallest absolute Gasteiger partial charge is 0.143 e. The molecule has 2 aromatic heterocycles. The van der Waals surface area contributed by atoms with E-state index < -0.39 is 0 Å². The Morgan fingerprint density at radius 3 is 3.16 bits per heavy atom. The number of nitrogens with one attached hydrogen (secondary N) is 1. The van der Waals surface area contributed by atoms with Crippen LogP contribution in [-0.2, 0) is 4.74 Å². The molecule has 130 valence electrons. The molecular weight excluding hydrogens is 314 g/mol. The number of rotatable bonds is 4. The van der Waals surface area contributed by atoms with Crippen molar-refractivity contribution >= 4 is 28.0 Å². The zero-order valence-corrected chi connectivity index (χ0v) is 14.7. The van der Waals surface area contributed by atoms with Gasteiger partial charge in [-0.1, -0.05) is 18.7 Å². The van der Waals surface area contributed by atoms with Crippen molar-refractivity contribution in [3.8, 4) is 5.75 Å². The standard InChI is InChI=1S/C20H23N3O2/c1-4-14-5-6-17(25-12-15-11-23(3)7-8-24-15)19-18(14)16-9-13(2)10-21-20(16)22-19/h4-6,9-10,15H,1,7-8,11-12H2,2-3H3,(H,21,22)/t15-/m0/s1. The first-order chi connectivity index (χ1) is 12.2. The summed E-state index contributed by atoms with van der Waals surface area (Å²) in [5.41, 5.74) is 4.05. The molecule has 0 aliphatic carbocycles.